The van der Waals surface area contributed by atoms with Gasteiger partial charge in [0, 0.05) is 24.4 Å². The third-order valence-electron chi connectivity index (χ3n) is 2.18. The minimum absolute atomic E-state index is 0.118. The summed E-state index contributed by atoms with van der Waals surface area (Å²) >= 11 is 0. The molecule has 0 radical (unpaired) electrons. The van der Waals surface area contributed by atoms with Crippen molar-refractivity contribution in [3.63, 3.8) is 0 Å². The summed E-state index contributed by atoms with van der Waals surface area (Å²) in [5.74, 6) is -0.118. The van der Waals surface area contributed by atoms with Crippen molar-refractivity contribution in [2.45, 2.75) is 18.6 Å². The average Bonchev–Trinajstić information content (AvgIpc) is 2.19. The maximum atomic E-state index is 10.8. The van der Waals surface area contributed by atoms with Crippen LogP contribution in [-0.4, -0.2) is 22.1 Å². The van der Waals surface area contributed by atoms with E-state index in [4.69, 9.17) is 15.4 Å². The van der Waals surface area contributed by atoms with E-state index in [1.54, 1.807) is 19.2 Å². The predicted molar refractivity (Wildman–Crippen MR) is 65.1 cm³/mol. The number of aryl methyl sites for hydroxylation is 1. The molecule has 0 aliphatic rings. The van der Waals surface area contributed by atoms with E-state index in [9.17, 15) is 8.42 Å². The van der Waals surface area contributed by atoms with E-state index in [0.717, 1.165) is 19.4 Å². The molecular weight excluding hydrogens is 248 g/mol. The quantitative estimate of drug-likeness (QED) is 0.584. The van der Waals surface area contributed by atoms with Crippen molar-refractivity contribution >= 4 is 19.7 Å². The molecule has 0 saturated heterocycles. The van der Waals surface area contributed by atoms with E-state index in [2.05, 4.69) is 0 Å². The van der Waals surface area contributed by atoms with Gasteiger partial charge in [0.15, 0.2) is 0 Å². The smallest absolute Gasteiger partial charge is 0.236 e. The van der Waals surface area contributed by atoms with Gasteiger partial charge < -0.3 is 4.74 Å². The zero-order chi connectivity index (χ0) is 12.0. The third-order valence-corrected chi connectivity index (χ3v) is 3.18. The van der Waals surface area contributed by atoms with Crippen LogP contribution in [0.2, 0.25) is 0 Å². The van der Waals surface area contributed by atoms with Crippen molar-refractivity contribution in [2.24, 2.45) is 0 Å². The van der Waals surface area contributed by atoms with Gasteiger partial charge in [0.05, 0.1) is 5.75 Å². The minimum Gasteiger partial charge on any atom is -0.385 e. The maximum absolute atomic E-state index is 10.8. The number of halogens is 1. The molecule has 0 aliphatic carbocycles. The van der Waals surface area contributed by atoms with Gasteiger partial charge >= 0.3 is 0 Å². The Morgan fingerprint density at radius 2 is 1.75 bits per heavy atom. The van der Waals surface area contributed by atoms with Gasteiger partial charge in [-0.25, -0.2) is 8.42 Å². The highest BCUT2D eigenvalue weighted by atomic mass is 35.7. The van der Waals surface area contributed by atoms with Crippen LogP contribution in [0.1, 0.15) is 17.5 Å². The fraction of sp³-hybridized carbons (Fsp3) is 0.455. The lowest BCUT2D eigenvalue weighted by molar-refractivity contribution is 0.195. The van der Waals surface area contributed by atoms with Crippen LogP contribution in [-0.2, 0) is 26.0 Å². The zero-order valence-corrected chi connectivity index (χ0v) is 10.7. The van der Waals surface area contributed by atoms with E-state index >= 15 is 0 Å². The molecule has 5 heteroatoms. The SMILES string of the molecule is COCCCc1ccc(CS(=O)(=O)Cl)cc1. The zero-order valence-electron chi connectivity index (χ0n) is 9.15. The normalized spacial score (nSPS) is 11.6. The second-order valence-corrected chi connectivity index (χ2v) is 6.37. The Kier molecular flexibility index (Phi) is 5.25. The molecule has 16 heavy (non-hydrogen) atoms. The number of ether oxygens (including phenoxy) is 1. The van der Waals surface area contributed by atoms with Crippen molar-refractivity contribution in [3.8, 4) is 0 Å². The van der Waals surface area contributed by atoms with E-state index in [1.165, 1.54) is 5.56 Å². The van der Waals surface area contributed by atoms with Gasteiger partial charge in [0.1, 0.15) is 0 Å². The Morgan fingerprint density at radius 3 is 2.25 bits per heavy atom. The summed E-state index contributed by atoms with van der Waals surface area (Å²) in [6, 6.07) is 7.43. The molecular formula is C11H15ClO3S. The first-order valence-corrected chi connectivity index (χ1v) is 7.48. The van der Waals surface area contributed by atoms with Crippen molar-refractivity contribution in [1.29, 1.82) is 0 Å². The van der Waals surface area contributed by atoms with Crippen molar-refractivity contribution in [3.05, 3.63) is 35.4 Å². The molecule has 0 fully saturated rings. The second-order valence-electron chi connectivity index (χ2n) is 3.60. The first kappa shape index (κ1) is 13.5. The molecule has 1 aromatic carbocycles. The Morgan fingerprint density at radius 1 is 1.19 bits per heavy atom. The first-order chi connectivity index (χ1) is 7.51. The lowest BCUT2D eigenvalue weighted by Gasteiger charge is -2.02. The van der Waals surface area contributed by atoms with Crippen LogP contribution in [0.25, 0.3) is 0 Å². The molecule has 1 rings (SSSR count). The van der Waals surface area contributed by atoms with Gasteiger partial charge in [-0.3, -0.25) is 0 Å². The summed E-state index contributed by atoms with van der Waals surface area (Å²) in [5, 5.41) is 0. The number of methoxy groups -OCH3 is 1. The minimum atomic E-state index is -3.46. The Balaban J connectivity index is 2.54. The predicted octanol–water partition coefficient (Wildman–Crippen LogP) is 2.33. The first-order valence-electron chi connectivity index (χ1n) is 5.00. The van der Waals surface area contributed by atoms with Crippen LogP contribution >= 0.6 is 10.7 Å². The maximum Gasteiger partial charge on any atom is 0.236 e. The molecule has 0 unspecified atom stereocenters. The summed E-state index contributed by atoms with van der Waals surface area (Å²) < 4.78 is 26.6. The molecule has 0 spiro atoms. The van der Waals surface area contributed by atoms with E-state index < -0.39 is 9.05 Å². The number of hydrogen-bond donors (Lipinski definition) is 0. The standard InChI is InChI=1S/C11H15ClO3S/c1-15-8-2-3-10-4-6-11(7-5-10)9-16(12,13)14/h4-7H,2-3,8-9H2,1H3. The average molecular weight is 263 g/mol. The largest absolute Gasteiger partial charge is 0.385 e. The topological polar surface area (TPSA) is 43.4 Å². The van der Waals surface area contributed by atoms with Crippen molar-refractivity contribution in [2.75, 3.05) is 13.7 Å². The molecule has 0 atom stereocenters. The van der Waals surface area contributed by atoms with Crippen LogP contribution in [0.5, 0.6) is 0 Å². The van der Waals surface area contributed by atoms with Gasteiger partial charge in [0.2, 0.25) is 9.05 Å². The molecule has 3 nitrogen and oxygen atoms in total. The van der Waals surface area contributed by atoms with Gasteiger partial charge in [-0.15, -0.1) is 0 Å². The highest BCUT2D eigenvalue weighted by Crippen LogP contribution is 2.12. The highest BCUT2D eigenvalue weighted by Gasteiger charge is 2.06. The van der Waals surface area contributed by atoms with Crippen molar-refractivity contribution in [1.82, 2.24) is 0 Å². The molecule has 0 aromatic heterocycles. The summed E-state index contributed by atoms with van der Waals surface area (Å²) in [4.78, 5) is 0. The molecule has 0 amide bonds. The molecule has 0 aliphatic heterocycles. The molecule has 90 valence electrons. The lowest BCUT2D eigenvalue weighted by Crippen LogP contribution is -1.96. The van der Waals surface area contributed by atoms with E-state index in [1.807, 2.05) is 12.1 Å². The van der Waals surface area contributed by atoms with Crippen LogP contribution in [0.3, 0.4) is 0 Å². The van der Waals surface area contributed by atoms with E-state index in [-0.39, 0.29) is 5.75 Å². The van der Waals surface area contributed by atoms with Gasteiger partial charge in [0.25, 0.3) is 0 Å². The highest BCUT2D eigenvalue weighted by molar-refractivity contribution is 8.13. The molecule has 0 bridgehead atoms. The number of benzene rings is 1. The Labute approximate surface area is 101 Å². The van der Waals surface area contributed by atoms with Crippen LogP contribution < -0.4 is 0 Å². The van der Waals surface area contributed by atoms with Gasteiger partial charge in [-0.2, -0.15) is 0 Å². The summed E-state index contributed by atoms with van der Waals surface area (Å²) in [6.45, 7) is 0.734. The third kappa shape index (κ3) is 5.49. The molecule has 0 heterocycles. The monoisotopic (exact) mass is 262 g/mol. The molecule has 0 N–H and O–H groups in total. The fourth-order valence-corrected chi connectivity index (χ4v) is 2.39. The van der Waals surface area contributed by atoms with Crippen LogP contribution in [0.15, 0.2) is 24.3 Å². The second kappa shape index (κ2) is 6.23. The van der Waals surface area contributed by atoms with Gasteiger partial charge in [-0.05, 0) is 24.0 Å². The number of rotatable bonds is 6. The molecule has 0 saturated carbocycles. The molecule has 1 aromatic rings. The Bertz CT molecular complexity index is 411. The van der Waals surface area contributed by atoms with Gasteiger partial charge in [-0.1, -0.05) is 24.3 Å². The number of hydrogen-bond acceptors (Lipinski definition) is 3. The summed E-state index contributed by atoms with van der Waals surface area (Å²) in [7, 11) is 3.38. The summed E-state index contributed by atoms with van der Waals surface area (Å²) in [5.41, 5.74) is 1.89. The lowest BCUT2D eigenvalue weighted by atomic mass is 10.1. The van der Waals surface area contributed by atoms with Crippen molar-refractivity contribution < 1.29 is 13.2 Å². The van der Waals surface area contributed by atoms with E-state index in [0.29, 0.717) is 5.56 Å². The van der Waals surface area contributed by atoms with Crippen LogP contribution in [0.4, 0.5) is 0 Å². The fourth-order valence-electron chi connectivity index (χ4n) is 1.42. The van der Waals surface area contributed by atoms with Crippen LogP contribution in [0, 0.1) is 0 Å². The summed E-state index contributed by atoms with van der Waals surface area (Å²) in [6.07, 6.45) is 1.89. The Hall–Kier alpha value is -0.580.